The zero-order valence-electron chi connectivity index (χ0n) is 14.1. The number of rotatable bonds is 3. The van der Waals surface area contributed by atoms with Crippen molar-refractivity contribution in [3.63, 3.8) is 0 Å². The Kier molecular flexibility index (Phi) is 10.1. The van der Waals surface area contributed by atoms with Crippen molar-refractivity contribution < 1.29 is 4.74 Å². The Morgan fingerprint density at radius 3 is 2.29 bits per heavy atom. The van der Waals surface area contributed by atoms with E-state index in [-0.39, 0.29) is 0 Å². The molecule has 0 saturated carbocycles. The molecule has 0 unspecified atom stereocenters. The lowest BCUT2D eigenvalue weighted by Crippen LogP contribution is -2.36. The van der Waals surface area contributed by atoms with Crippen LogP contribution in [0.1, 0.15) is 34.6 Å². The molecule has 1 saturated heterocycles. The van der Waals surface area contributed by atoms with Gasteiger partial charge in [0.25, 0.3) is 0 Å². The topological polar surface area (TPSA) is 63.4 Å². The molecule has 1 aliphatic rings. The van der Waals surface area contributed by atoms with Crippen LogP contribution >= 0.6 is 0 Å². The lowest BCUT2D eigenvalue weighted by Gasteiger charge is -2.28. The van der Waals surface area contributed by atoms with Gasteiger partial charge >= 0.3 is 0 Å². The van der Waals surface area contributed by atoms with E-state index in [0.29, 0.717) is 5.82 Å². The Labute approximate surface area is 129 Å². The number of nitrogens with one attached hydrogen (secondary N) is 1. The fraction of sp³-hybridized carbons (Fsp3) is 0.562. The molecule has 0 bridgehead atoms. The van der Waals surface area contributed by atoms with Crippen molar-refractivity contribution in [2.24, 2.45) is 0 Å². The highest BCUT2D eigenvalue weighted by Gasteiger charge is 2.13. The summed E-state index contributed by atoms with van der Waals surface area (Å²) < 4.78 is 5.30. The molecule has 2 rings (SSSR count). The minimum absolute atomic E-state index is 0.497. The van der Waals surface area contributed by atoms with Crippen LogP contribution in [0.15, 0.2) is 24.4 Å². The molecule has 120 valence electrons. The van der Waals surface area contributed by atoms with E-state index >= 15 is 0 Å². The maximum Gasteiger partial charge on any atom is 0.149 e. The van der Waals surface area contributed by atoms with Crippen molar-refractivity contribution in [2.45, 2.75) is 34.6 Å². The number of hydrogen-bond donors (Lipinski definition) is 2. The third kappa shape index (κ3) is 6.49. The van der Waals surface area contributed by atoms with Crippen molar-refractivity contribution >= 4 is 17.3 Å². The monoisotopic (exact) mass is 294 g/mol. The fourth-order valence-electron chi connectivity index (χ4n) is 1.77. The molecule has 1 aromatic heterocycles. The van der Waals surface area contributed by atoms with Gasteiger partial charge in [0, 0.05) is 18.8 Å². The summed E-state index contributed by atoms with van der Waals surface area (Å²) in [6.07, 6.45) is 0. The average molecular weight is 294 g/mol. The summed E-state index contributed by atoms with van der Waals surface area (Å²) in [7, 11) is 0. The number of nitrogens with two attached hydrogens (primary N) is 1. The van der Waals surface area contributed by atoms with Gasteiger partial charge in [0.05, 0.1) is 18.9 Å². The van der Waals surface area contributed by atoms with Crippen molar-refractivity contribution in [3.8, 4) is 0 Å². The number of nitrogens with zero attached hydrogens (tertiary/aromatic N) is 2. The van der Waals surface area contributed by atoms with E-state index in [0.717, 1.165) is 43.5 Å². The van der Waals surface area contributed by atoms with Gasteiger partial charge in [0.2, 0.25) is 0 Å². The number of hydrogen-bond acceptors (Lipinski definition) is 5. The second-order valence-corrected chi connectivity index (χ2v) is 4.11. The highest BCUT2D eigenvalue weighted by atomic mass is 16.5. The van der Waals surface area contributed by atoms with E-state index in [1.54, 1.807) is 0 Å². The maximum absolute atomic E-state index is 5.90. The van der Waals surface area contributed by atoms with Crippen LogP contribution in [0.25, 0.3) is 0 Å². The molecule has 0 atom stereocenters. The van der Waals surface area contributed by atoms with E-state index in [1.165, 1.54) is 0 Å². The highest BCUT2D eigenvalue weighted by molar-refractivity contribution is 5.67. The van der Waals surface area contributed by atoms with Gasteiger partial charge < -0.3 is 20.7 Å². The van der Waals surface area contributed by atoms with Gasteiger partial charge in [-0.25, -0.2) is 4.98 Å². The summed E-state index contributed by atoms with van der Waals surface area (Å²) in [5.74, 6) is 1.40. The van der Waals surface area contributed by atoms with E-state index < -0.39 is 0 Å². The predicted octanol–water partition coefficient (Wildman–Crippen LogP) is 3.50. The molecule has 0 radical (unpaired) electrons. The van der Waals surface area contributed by atoms with Gasteiger partial charge in [-0.3, -0.25) is 0 Å². The summed E-state index contributed by atoms with van der Waals surface area (Å²) in [5.41, 5.74) is 7.55. The molecule has 3 N–H and O–H groups in total. The highest BCUT2D eigenvalue weighted by Crippen LogP contribution is 2.22. The normalized spacial score (nSPS) is 13.3. The maximum atomic E-state index is 5.90. The first-order chi connectivity index (χ1) is 10.2. The molecular formula is C16H30N4O. The molecule has 5 heteroatoms. The van der Waals surface area contributed by atoms with E-state index in [1.807, 2.05) is 46.8 Å². The molecular weight excluding hydrogens is 264 g/mol. The Balaban J connectivity index is 0.000000921. The minimum atomic E-state index is 0.497. The Bertz CT molecular complexity index is 415. The van der Waals surface area contributed by atoms with Crippen LogP contribution in [0.3, 0.4) is 0 Å². The lowest BCUT2D eigenvalue weighted by atomic mass is 10.3. The van der Waals surface area contributed by atoms with Crippen LogP contribution < -0.4 is 16.0 Å². The third-order valence-electron chi connectivity index (χ3n) is 2.59. The average Bonchev–Trinajstić information content (AvgIpc) is 2.54. The van der Waals surface area contributed by atoms with E-state index in [2.05, 4.69) is 21.8 Å². The Morgan fingerprint density at radius 2 is 1.81 bits per heavy atom. The summed E-state index contributed by atoms with van der Waals surface area (Å²) in [4.78, 5) is 6.57. The summed E-state index contributed by atoms with van der Waals surface area (Å²) >= 11 is 0. The van der Waals surface area contributed by atoms with E-state index in [4.69, 9.17) is 10.5 Å². The molecule has 0 aromatic carbocycles. The second-order valence-electron chi connectivity index (χ2n) is 4.11. The molecule has 0 spiro atoms. The van der Waals surface area contributed by atoms with Crippen molar-refractivity contribution in [2.75, 3.05) is 42.3 Å². The molecule has 1 aromatic rings. The lowest BCUT2D eigenvalue weighted by molar-refractivity contribution is 0.122. The minimum Gasteiger partial charge on any atom is -0.382 e. The SMILES string of the molecule is C=C(C)Nc1ccc(N2CCOCC2)nc1N.CC.CC. The Hall–Kier alpha value is -1.75. The summed E-state index contributed by atoms with van der Waals surface area (Å²) in [6, 6.07) is 3.90. The predicted molar refractivity (Wildman–Crippen MR) is 92.8 cm³/mol. The van der Waals surface area contributed by atoms with Crippen LogP contribution in [0.4, 0.5) is 17.3 Å². The first-order valence-electron chi connectivity index (χ1n) is 7.68. The Morgan fingerprint density at radius 1 is 1.24 bits per heavy atom. The van der Waals surface area contributed by atoms with E-state index in [9.17, 15) is 0 Å². The van der Waals surface area contributed by atoms with Gasteiger partial charge in [0.15, 0.2) is 0 Å². The van der Waals surface area contributed by atoms with Crippen LogP contribution in [0.2, 0.25) is 0 Å². The molecule has 1 fully saturated rings. The van der Waals surface area contributed by atoms with Crippen molar-refractivity contribution in [1.82, 2.24) is 4.98 Å². The number of ether oxygens (including phenoxy) is 1. The first kappa shape index (κ1) is 19.2. The van der Waals surface area contributed by atoms with Crippen molar-refractivity contribution in [1.29, 1.82) is 0 Å². The molecule has 0 aliphatic carbocycles. The number of morpholine rings is 1. The standard InChI is InChI=1S/C12H18N4O.2C2H6/c1-9(2)14-10-3-4-11(15-12(10)13)16-5-7-17-8-6-16;2*1-2/h3-4,14H,1,5-8H2,2H3,(H2,13,15);2*1-2H3. The van der Waals surface area contributed by atoms with Crippen LogP contribution in [-0.2, 0) is 4.74 Å². The number of pyridine rings is 1. The summed E-state index contributed by atoms with van der Waals surface area (Å²) in [6.45, 7) is 16.9. The molecule has 21 heavy (non-hydrogen) atoms. The third-order valence-corrected chi connectivity index (χ3v) is 2.59. The van der Waals surface area contributed by atoms with Crippen LogP contribution in [0.5, 0.6) is 0 Å². The largest absolute Gasteiger partial charge is 0.382 e. The van der Waals surface area contributed by atoms with Gasteiger partial charge in [-0.1, -0.05) is 34.3 Å². The summed E-state index contributed by atoms with van der Waals surface area (Å²) in [5, 5.41) is 3.08. The zero-order chi connectivity index (χ0) is 16.3. The zero-order valence-corrected chi connectivity index (χ0v) is 14.1. The first-order valence-corrected chi connectivity index (χ1v) is 7.68. The number of allylic oxidation sites excluding steroid dienone is 1. The second kappa shape index (κ2) is 11.0. The van der Waals surface area contributed by atoms with Gasteiger partial charge in [-0.2, -0.15) is 0 Å². The van der Waals surface area contributed by atoms with Gasteiger partial charge in [-0.15, -0.1) is 0 Å². The quantitative estimate of drug-likeness (QED) is 0.893. The van der Waals surface area contributed by atoms with Crippen LogP contribution in [0, 0.1) is 0 Å². The number of anilines is 3. The molecule has 5 nitrogen and oxygen atoms in total. The molecule has 1 aliphatic heterocycles. The molecule has 2 heterocycles. The number of aromatic nitrogens is 1. The number of nitrogen functional groups attached to an aromatic ring is 1. The molecule has 0 amide bonds. The van der Waals surface area contributed by atoms with Crippen molar-refractivity contribution in [3.05, 3.63) is 24.4 Å². The van der Waals surface area contributed by atoms with Gasteiger partial charge in [0.1, 0.15) is 11.6 Å². The fourth-order valence-corrected chi connectivity index (χ4v) is 1.77. The van der Waals surface area contributed by atoms with Crippen LogP contribution in [-0.4, -0.2) is 31.3 Å². The smallest absolute Gasteiger partial charge is 0.149 e. The van der Waals surface area contributed by atoms with Gasteiger partial charge in [-0.05, 0) is 19.1 Å².